The third kappa shape index (κ3) is 8.07. The van der Waals surface area contributed by atoms with E-state index >= 15 is 0 Å². The first-order valence-corrected chi connectivity index (χ1v) is 13.0. The van der Waals surface area contributed by atoms with Crippen molar-refractivity contribution in [2.24, 2.45) is 5.92 Å². The second-order valence-corrected chi connectivity index (χ2v) is 10.2. The van der Waals surface area contributed by atoms with Gasteiger partial charge in [0.05, 0.1) is 32.4 Å². The van der Waals surface area contributed by atoms with E-state index < -0.39 is 6.10 Å². The van der Waals surface area contributed by atoms with Crippen molar-refractivity contribution in [3.05, 3.63) is 58.8 Å². The fraction of sp³-hybridized carbons (Fsp3) is 0.519. The minimum Gasteiger partial charge on any atom is -0.497 e. The molecule has 0 saturated carbocycles. The maximum atomic E-state index is 13.5. The van der Waals surface area contributed by atoms with Gasteiger partial charge in [0, 0.05) is 37.2 Å². The number of thiophene rings is 1. The molecule has 35 heavy (non-hydrogen) atoms. The van der Waals surface area contributed by atoms with E-state index in [4.69, 9.17) is 14.2 Å². The van der Waals surface area contributed by atoms with Gasteiger partial charge in [-0.2, -0.15) is 0 Å². The van der Waals surface area contributed by atoms with E-state index in [0.29, 0.717) is 44.5 Å². The summed E-state index contributed by atoms with van der Waals surface area (Å²) in [5.74, 6) is 1.85. The quantitative estimate of drug-likeness (QED) is 0.397. The lowest BCUT2D eigenvalue weighted by molar-refractivity contribution is -0.136. The number of hydrogen-bond acceptors (Lipinski definition) is 7. The number of aliphatic hydroxyl groups is 1. The smallest absolute Gasteiger partial charge is 0.237 e. The lowest BCUT2D eigenvalue weighted by atomic mass is 10.0. The number of nitrogens with zero attached hydrogens (tertiary/aromatic N) is 2. The molecular weight excluding hydrogens is 464 g/mol. The van der Waals surface area contributed by atoms with Crippen LogP contribution in [0.3, 0.4) is 0 Å². The van der Waals surface area contributed by atoms with Crippen LogP contribution in [-0.4, -0.2) is 80.0 Å². The van der Waals surface area contributed by atoms with Gasteiger partial charge in [-0.3, -0.25) is 9.69 Å². The summed E-state index contributed by atoms with van der Waals surface area (Å²) in [6.07, 6.45) is 1.92. The third-order valence-corrected chi connectivity index (χ3v) is 6.84. The molecule has 192 valence electrons. The molecule has 1 amide bonds. The van der Waals surface area contributed by atoms with Crippen molar-refractivity contribution in [1.29, 1.82) is 0 Å². The number of aliphatic hydroxyl groups excluding tert-OH is 1. The van der Waals surface area contributed by atoms with Crippen molar-refractivity contribution in [2.75, 3.05) is 53.1 Å². The van der Waals surface area contributed by atoms with E-state index in [1.54, 1.807) is 24.5 Å². The second kappa shape index (κ2) is 13.6. The summed E-state index contributed by atoms with van der Waals surface area (Å²) in [6, 6.07) is 9.41. The van der Waals surface area contributed by atoms with Crippen LogP contribution in [0.1, 0.15) is 30.3 Å². The molecule has 1 aromatic heterocycles. The van der Waals surface area contributed by atoms with Gasteiger partial charge < -0.3 is 24.2 Å². The molecule has 2 atom stereocenters. The Morgan fingerprint density at radius 1 is 1.31 bits per heavy atom. The number of methoxy groups -OCH3 is 1. The van der Waals surface area contributed by atoms with E-state index in [-0.39, 0.29) is 25.1 Å². The van der Waals surface area contributed by atoms with Gasteiger partial charge in [-0.05, 0) is 41.5 Å². The number of hydrogen-bond donors (Lipinski definition) is 1. The first-order chi connectivity index (χ1) is 16.9. The predicted octanol–water partition coefficient (Wildman–Crippen LogP) is 3.78. The van der Waals surface area contributed by atoms with Crippen LogP contribution in [0.15, 0.2) is 48.4 Å². The van der Waals surface area contributed by atoms with Crippen molar-refractivity contribution in [1.82, 2.24) is 9.80 Å². The maximum Gasteiger partial charge on any atom is 0.237 e. The Morgan fingerprint density at radius 2 is 2.11 bits per heavy atom. The van der Waals surface area contributed by atoms with Gasteiger partial charge in [0.15, 0.2) is 0 Å². The average Bonchev–Trinajstić information content (AvgIpc) is 3.31. The number of amides is 1. The second-order valence-electron chi connectivity index (χ2n) is 9.21. The van der Waals surface area contributed by atoms with Crippen LogP contribution in [0, 0.1) is 5.92 Å². The molecule has 1 aliphatic rings. The molecule has 1 N–H and O–H groups in total. The van der Waals surface area contributed by atoms with Crippen LogP contribution in [0.2, 0.25) is 0 Å². The molecule has 3 rings (SSSR count). The van der Waals surface area contributed by atoms with Crippen LogP contribution < -0.4 is 9.47 Å². The Kier molecular flexibility index (Phi) is 10.6. The molecule has 0 aliphatic carbocycles. The lowest BCUT2D eigenvalue weighted by Gasteiger charge is -2.37. The van der Waals surface area contributed by atoms with Crippen molar-refractivity contribution >= 4 is 17.2 Å². The van der Waals surface area contributed by atoms with E-state index in [0.717, 1.165) is 17.7 Å². The average molecular weight is 503 g/mol. The molecule has 1 aromatic carbocycles. The number of ether oxygens (including phenoxy) is 3. The summed E-state index contributed by atoms with van der Waals surface area (Å²) in [7, 11) is 1.63. The highest BCUT2D eigenvalue weighted by atomic mass is 32.1. The SMILES string of the molecule is C=CCN(CC(=O)N1CCc2sccc2C1COc1cccc(OC)c1)CC(O)COCC(C)C. The van der Waals surface area contributed by atoms with Crippen molar-refractivity contribution in [2.45, 2.75) is 32.4 Å². The van der Waals surface area contributed by atoms with Crippen LogP contribution >= 0.6 is 11.3 Å². The number of carbonyl (C=O) groups is 1. The fourth-order valence-corrected chi connectivity index (χ4v) is 5.13. The Labute approximate surface area is 212 Å². The van der Waals surface area contributed by atoms with Crippen molar-refractivity contribution in [3.63, 3.8) is 0 Å². The van der Waals surface area contributed by atoms with Gasteiger partial charge in [0.2, 0.25) is 5.91 Å². The first kappa shape index (κ1) is 27.2. The highest BCUT2D eigenvalue weighted by molar-refractivity contribution is 7.10. The minimum atomic E-state index is -0.668. The van der Waals surface area contributed by atoms with Crippen LogP contribution in [0.25, 0.3) is 0 Å². The van der Waals surface area contributed by atoms with Gasteiger partial charge in [0.25, 0.3) is 0 Å². The van der Waals surface area contributed by atoms with E-state index in [9.17, 15) is 9.90 Å². The summed E-state index contributed by atoms with van der Waals surface area (Å²) in [5.41, 5.74) is 1.15. The fourth-order valence-electron chi connectivity index (χ4n) is 4.20. The Bertz CT molecular complexity index is 947. The molecule has 2 unspecified atom stereocenters. The summed E-state index contributed by atoms with van der Waals surface area (Å²) in [5, 5.41) is 12.5. The molecule has 2 aromatic rings. The van der Waals surface area contributed by atoms with Gasteiger partial charge in [-0.15, -0.1) is 17.9 Å². The minimum absolute atomic E-state index is 0.0123. The van der Waals surface area contributed by atoms with E-state index in [1.807, 2.05) is 34.1 Å². The molecule has 2 heterocycles. The van der Waals surface area contributed by atoms with Crippen LogP contribution in [0.4, 0.5) is 0 Å². The first-order valence-electron chi connectivity index (χ1n) is 12.1. The summed E-state index contributed by atoms with van der Waals surface area (Å²) < 4.78 is 17.0. The number of benzene rings is 1. The molecule has 0 bridgehead atoms. The monoisotopic (exact) mass is 502 g/mol. The van der Waals surface area contributed by atoms with Crippen molar-refractivity contribution in [3.8, 4) is 11.5 Å². The third-order valence-electron chi connectivity index (χ3n) is 5.84. The number of fused-ring (bicyclic) bond motifs is 1. The normalized spacial score (nSPS) is 16.3. The molecule has 0 saturated heterocycles. The van der Waals surface area contributed by atoms with Crippen LogP contribution in [0.5, 0.6) is 11.5 Å². The standard InChI is InChI=1S/C27H38N2O5S/c1-5-11-28(15-21(30)18-33-17-20(2)3)16-27(31)29-12-9-26-24(10-13-35-26)25(29)19-34-23-8-6-7-22(14-23)32-4/h5-8,10,13-14,20-21,25,30H,1,9,11-12,15-19H2,2-4H3. The van der Waals surface area contributed by atoms with Gasteiger partial charge in [-0.25, -0.2) is 0 Å². The molecule has 1 aliphatic heterocycles. The number of carbonyl (C=O) groups excluding carboxylic acids is 1. The molecule has 0 spiro atoms. The lowest BCUT2D eigenvalue weighted by Crippen LogP contribution is -2.48. The highest BCUT2D eigenvalue weighted by Crippen LogP contribution is 2.34. The zero-order valence-corrected chi connectivity index (χ0v) is 21.8. The summed E-state index contributed by atoms with van der Waals surface area (Å²) in [4.78, 5) is 18.6. The molecule has 7 nitrogen and oxygen atoms in total. The van der Waals surface area contributed by atoms with E-state index in [1.165, 1.54) is 4.88 Å². The zero-order chi connectivity index (χ0) is 25.2. The molecule has 0 radical (unpaired) electrons. The predicted molar refractivity (Wildman–Crippen MR) is 139 cm³/mol. The highest BCUT2D eigenvalue weighted by Gasteiger charge is 2.33. The largest absolute Gasteiger partial charge is 0.497 e. The topological polar surface area (TPSA) is 71.5 Å². The number of rotatable bonds is 14. The Morgan fingerprint density at radius 3 is 2.86 bits per heavy atom. The van der Waals surface area contributed by atoms with Crippen LogP contribution in [-0.2, 0) is 16.0 Å². The zero-order valence-electron chi connectivity index (χ0n) is 21.0. The van der Waals surface area contributed by atoms with Gasteiger partial charge in [-0.1, -0.05) is 26.0 Å². The van der Waals surface area contributed by atoms with Crippen molar-refractivity contribution < 1.29 is 24.1 Å². The molecular formula is C27H38N2O5S. The maximum absolute atomic E-state index is 13.5. The van der Waals surface area contributed by atoms with Gasteiger partial charge >= 0.3 is 0 Å². The molecule has 0 fully saturated rings. The van der Waals surface area contributed by atoms with E-state index in [2.05, 4.69) is 31.9 Å². The Balaban J connectivity index is 1.66. The summed E-state index contributed by atoms with van der Waals surface area (Å²) >= 11 is 1.73. The molecule has 8 heteroatoms. The Hall–Kier alpha value is -2.39. The summed E-state index contributed by atoms with van der Waals surface area (Å²) in [6.45, 7) is 10.9. The van der Waals surface area contributed by atoms with Gasteiger partial charge in [0.1, 0.15) is 18.1 Å².